The number of carbonyl (C=O) groups excluding carboxylic acids is 4. The number of carbonyl (C=O) groups is 4. The number of Topliss-reactive ketones (excluding diaryl/α,β-unsaturated/α-hetero) is 1. The third-order valence-electron chi connectivity index (χ3n) is 3.88. The second-order valence-corrected chi connectivity index (χ2v) is 5.52. The van der Waals surface area contributed by atoms with Crippen molar-refractivity contribution in [3.8, 4) is 0 Å². The van der Waals surface area contributed by atoms with E-state index >= 15 is 0 Å². The Bertz CT molecular complexity index is 902. The number of benzene rings is 2. The highest BCUT2D eigenvalue weighted by molar-refractivity contribution is 6.22. The van der Waals surface area contributed by atoms with Crippen LogP contribution in [0.5, 0.6) is 0 Å². The molecule has 0 radical (unpaired) electrons. The van der Waals surface area contributed by atoms with Gasteiger partial charge in [-0.1, -0.05) is 12.1 Å². The van der Waals surface area contributed by atoms with Gasteiger partial charge >= 0.3 is 0 Å². The molecule has 3 rings (SSSR count). The molecule has 0 aromatic heterocycles. The van der Waals surface area contributed by atoms with Gasteiger partial charge < -0.3 is 5.32 Å². The topological polar surface area (TPSA) is 83.6 Å². The molecule has 1 heterocycles. The smallest absolute Gasteiger partial charge is 0.261 e. The van der Waals surface area contributed by atoms with Gasteiger partial charge in [-0.15, -0.1) is 0 Å². The van der Waals surface area contributed by atoms with Crippen LogP contribution < -0.4 is 5.32 Å². The van der Waals surface area contributed by atoms with Gasteiger partial charge in [0.25, 0.3) is 17.7 Å². The minimum atomic E-state index is -0.428. The van der Waals surface area contributed by atoms with Gasteiger partial charge in [-0.25, -0.2) is 0 Å². The lowest BCUT2D eigenvalue weighted by Gasteiger charge is -2.07. The molecule has 0 fully saturated rings. The highest BCUT2D eigenvalue weighted by atomic mass is 16.2. The fourth-order valence-corrected chi connectivity index (χ4v) is 2.52. The first-order valence-electron chi connectivity index (χ1n) is 7.27. The summed E-state index contributed by atoms with van der Waals surface area (Å²) in [5, 5.41) is 2.68. The number of hydrogen-bond donors (Lipinski definition) is 1. The number of anilines is 1. The lowest BCUT2D eigenvalue weighted by molar-refractivity contribution is 0.0692. The molecule has 24 heavy (non-hydrogen) atoms. The van der Waals surface area contributed by atoms with Crippen LogP contribution in [0.2, 0.25) is 0 Å². The number of fused-ring (bicyclic) bond motifs is 1. The highest BCUT2D eigenvalue weighted by Gasteiger charge is 2.33. The maximum atomic E-state index is 12.4. The number of nitrogens with one attached hydrogen (secondary N) is 1. The van der Waals surface area contributed by atoms with Crippen molar-refractivity contribution < 1.29 is 19.2 Å². The van der Waals surface area contributed by atoms with Crippen LogP contribution in [-0.4, -0.2) is 35.5 Å². The Morgan fingerprint density at radius 2 is 1.62 bits per heavy atom. The van der Waals surface area contributed by atoms with E-state index in [-0.39, 0.29) is 28.4 Å². The summed E-state index contributed by atoms with van der Waals surface area (Å²) >= 11 is 0. The molecule has 120 valence electrons. The van der Waals surface area contributed by atoms with E-state index in [4.69, 9.17) is 0 Å². The SMILES string of the molecule is CC(=O)c1cccc(NC(=O)c2ccc3c(c2)C(=O)N(C)C3=O)c1. The predicted molar refractivity (Wildman–Crippen MR) is 87.3 cm³/mol. The lowest BCUT2D eigenvalue weighted by atomic mass is 10.0. The highest BCUT2D eigenvalue weighted by Crippen LogP contribution is 2.23. The van der Waals surface area contributed by atoms with E-state index in [0.29, 0.717) is 11.3 Å². The molecular weight excluding hydrogens is 308 g/mol. The number of hydrogen-bond acceptors (Lipinski definition) is 4. The Hall–Kier alpha value is -3.28. The van der Waals surface area contributed by atoms with Crippen LogP contribution >= 0.6 is 0 Å². The zero-order chi connectivity index (χ0) is 17.4. The third-order valence-corrected chi connectivity index (χ3v) is 3.88. The predicted octanol–water partition coefficient (Wildman–Crippen LogP) is 2.37. The van der Waals surface area contributed by atoms with Gasteiger partial charge in [0.15, 0.2) is 5.78 Å². The Morgan fingerprint density at radius 3 is 2.33 bits per heavy atom. The lowest BCUT2D eigenvalue weighted by Crippen LogP contribution is -2.24. The van der Waals surface area contributed by atoms with Crippen LogP contribution in [0.25, 0.3) is 0 Å². The summed E-state index contributed by atoms with van der Waals surface area (Å²) in [4.78, 5) is 48.6. The van der Waals surface area contributed by atoms with Crippen molar-refractivity contribution in [2.75, 3.05) is 12.4 Å². The van der Waals surface area contributed by atoms with E-state index in [1.807, 2.05) is 0 Å². The quantitative estimate of drug-likeness (QED) is 0.694. The van der Waals surface area contributed by atoms with Crippen molar-refractivity contribution in [1.29, 1.82) is 0 Å². The van der Waals surface area contributed by atoms with Crippen molar-refractivity contribution in [3.05, 3.63) is 64.7 Å². The minimum Gasteiger partial charge on any atom is -0.322 e. The van der Waals surface area contributed by atoms with Gasteiger partial charge in [0.1, 0.15) is 0 Å². The molecule has 0 saturated heterocycles. The summed E-state index contributed by atoms with van der Waals surface area (Å²) in [6, 6.07) is 11.0. The minimum absolute atomic E-state index is 0.101. The Kier molecular flexibility index (Phi) is 3.73. The van der Waals surface area contributed by atoms with Gasteiger partial charge in [0.05, 0.1) is 11.1 Å². The van der Waals surface area contributed by atoms with E-state index in [2.05, 4.69) is 5.32 Å². The molecule has 6 nitrogen and oxygen atoms in total. The maximum absolute atomic E-state index is 12.4. The summed E-state index contributed by atoms with van der Waals surface area (Å²) < 4.78 is 0. The average molecular weight is 322 g/mol. The molecule has 0 saturated carbocycles. The summed E-state index contributed by atoms with van der Waals surface area (Å²) in [6.45, 7) is 1.44. The zero-order valence-electron chi connectivity index (χ0n) is 13.1. The molecule has 0 spiro atoms. The Balaban J connectivity index is 1.87. The zero-order valence-corrected chi connectivity index (χ0v) is 13.1. The second-order valence-electron chi connectivity index (χ2n) is 5.52. The average Bonchev–Trinajstić information content (AvgIpc) is 2.79. The van der Waals surface area contributed by atoms with Gasteiger partial charge in [-0.2, -0.15) is 0 Å². The van der Waals surface area contributed by atoms with Crippen molar-refractivity contribution in [2.24, 2.45) is 0 Å². The maximum Gasteiger partial charge on any atom is 0.261 e. The second kappa shape index (κ2) is 5.73. The fraction of sp³-hybridized carbons (Fsp3) is 0.111. The van der Waals surface area contributed by atoms with Crippen LogP contribution in [0.15, 0.2) is 42.5 Å². The molecule has 0 unspecified atom stereocenters. The molecular formula is C18H14N2O4. The van der Waals surface area contributed by atoms with Gasteiger partial charge in [-0.3, -0.25) is 24.1 Å². The van der Waals surface area contributed by atoms with E-state index in [9.17, 15) is 19.2 Å². The van der Waals surface area contributed by atoms with Crippen molar-refractivity contribution in [1.82, 2.24) is 4.90 Å². The van der Waals surface area contributed by atoms with Crippen LogP contribution in [0.3, 0.4) is 0 Å². The van der Waals surface area contributed by atoms with Gasteiger partial charge in [0.2, 0.25) is 0 Å². The molecule has 0 bridgehead atoms. The fourth-order valence-electron chi connectivity index (χ4n) is 2.52. The first-order chi connectivity index (χ1) is 11.4. The number of ketones is 1. The van der Waals surface area contributed by atoms with Gasteiger partial charge in [0, 0.05) is 23.9 Å². The summed E-state index contributed by atoms with van der Waals surface area (Å²) in [7, 11) is 1.40. The number of imide groups is 1. The van der Waals surface area contributed by atoms with E-state index in [1.165, 1.54) is 32.2 Å². The first-order valence-corrected chi connectivity index (χ1v) is 7.27. The van der Waals surface area contributed by atoms with Gasteiger partial charge in [-0.05, 0) is 37.3 Å². The number of nitrogens with zero attached hydrogens (tertiary/aromatic N) is 1. The molecule has 2 aromatic rings. The summed E-state index contributed by atoms with van der Waals surface area (Å²) in [6.07, 6.45) is 0. The van der Waals surface area contributed by atoms with Crippen molar-refractivity contribution in [3.63, 3.8) is 0 Å². The number of rotatable bonds is 3. The Labute approximate surface area is 138 Å². The normalized spacial score (nSPS) is 13.0. The first kappa shape index (κ1) is 15.6. The molecule has 0 atom stereocenters. The third kappa shape index (κ3) is 2.58. The van der Waals surface area contributed by atoms with E-state index < -0.39 is 11.8 Å². The molecule has 1 aliphatic heterocycles. The molecule has 1 N–H and O–H groups in total. The molecule has 2 aromatic carbocycles. The van der Waals surface area contributed by atoms with Crippen LogP contribution in [0.4, 0.5) is 5.69 Å². The van der Waals surface area contributed by atoms with E-state index in [0.717, 1.165) is 4.90 Å². The van der Waals surface area contributed by atoms with Crippen LogP contribution in [-0.2, 0) is 0 Å². The molecule has 0 aliphatic carbocycles. The molecule has 6 heteroatoms. The van der Waals surface area contributed by atoms with Crippen LogP contribution in [0.1, 0.15) is 48.4 Å². The monoisotopic (exact) mass is 322 g/mol. The van der Waals surface area contributed by atoms with Crippen LogP contribution in [0, 0.1) is 0 Å². The largest absolute Gasteiger partial charge is 0.322 e. The Morgan fingerprint density at radius 1 is 0.917 bits per heavy atom. The molecule has 3 amide bonds. The summed E-state index contributed by atoms with van der Waals surface area (Å²) in [5.74, 6) is -1.33. The van der Waals surface area contributed by atoms with E-state index in [1.54, 1.807) is 24.3 Å². The van der Waals surface area contributed by atoms with Crippen molar-refractivity contribution >= 4 is 29.2 Å². The number of amides is 3. The standard InChI is InChI=1S/C18H14N2O4/c1-10(21)11-4-3-5-13(8-11)19-16(22)12-6-7-14-15(9-12)18(24)20(2)17(14)23/h3-9H,1-2H3,(H,19,22). The molecule has 1 aliphatic rings. The summed E-state index contributed by atoms with van der Waals surface area (Å²) in [5.41, 5.74) is 1.74. The van der Waals surface area contributed by atoms with Crippen molar-refractivity contribution in [2.45, 2.75) is 6.92 Å².